The van der Waals surface area contributed by atoms with Crippen LogP contribution >= 0.6 is 0 Å². The Bertz CT molecular complexity index is 188. The number of hydrogen-bond acceptors (Lipinski definition) is 2. The van der Waals surface area contributed by atoms with Gasteiger partial charge in [0.25, 0.3) is 0 Å². The lowest BCUT2D eigenvalue weighted by Crippen LogP contribution is -2.23. The summed E-state index contributed by atoms with van der Waals surface area (Å²) in [6.07, 6.45) is 9.92. The molecule has 1 atom stereocenters. The number of nitrogens with one attached hydrogen (secondary N) is 1. The van der Waals surface area contributed by atoms with Crippen LogP contribution < -0.4 is 5.32 Å². The molecule has 0 radical (unpaired) electrons. The normalized spacial score (nSPS) is 19.3. The molecule has 0 aromatic heterocycles. The molecule has 1 rings (SSSR count). The Labute approximate surface area is 114 Å². The minimum absolute atomic E-state index is 0.438. The molecule has 0 amide bonds. The molecule has 0 aromatic rings. The molecule has 1 aliphatic rings. The summed E-state index contributed by atoms with van der Waals surface area (Å²) in [6, 6.07) is 0. The van der Waals surface area contributed by atoms with Crippen LogP contribution in [0.2, 0.25) is 0 Å². The Morgan fingerprint density at radius 2 is 1.83 bits per heavy atom. The second kappa shape index (κ2) is 9.80. The highest BCUT2D eigenvalue weighted by atomic mass is 16.5. The molecule has 1 saturated carbocycles. The Balaban J connectivity index is 1.91. The van der Waals surface area contributed by atoms with Crippen molar-refractivity contribution in [3.8, 4) is 0 Å². The van der Waals surface area contributed by atoms with E-state index in [9.17, 15) is 0 Å². The van der Waals surface area contributed by atoms with Crippen molar-refractivity contribution in [2.24, 2.45) is 11.8 Å². The molecule has 18 heavy (non-hydrogen) atoms. The maximum atomic E-state index is 5.98. The zero-order valence-electron chi connectivity index (χ0n) is 12.7. The predicted molar refractivity (Wildman–Crippen MR) is 78.9 cm³/mol. The van der Waals surface area contributed by atoms with Gasteiger partial charge in [-0.3, -0.25) is 0 Å². The minimum atomic E-state index is 0.438. The van der Waals surface area contributed by atoms with Crippen molar-refractivity contribution >= 4 is 0 Å². The molecule has 0 bridgehead atoms. The molecule has 0 aliphatic heterocycles. The molecule has 1 aliphatic carbocycles. The Morgan fingerprint density at radius 3 is 2.50 bits per heavy atom. The van der Waals surface area contributed by atoms with Crippen LogP contribution in [-0.4, -0.2) is 25.8 Å². The highest BCUT2D eigenvalue weighted by molar-refractivity contribution is 4.66. The molecule has 2 nitrogen and oxygen atoms in total. The molecule has 0 spiro atoms. The van der Waals surface area contributed by atoms with Gasteiger partial charge >= 0.3 is 0 Å². The van der Waals surface area contributed by atoms with Gasteiger partial charge in [0.05, 0.1) is 6.10 Å². The fourth-order valence-electron chi connectivity index (χ4n) is 2.64. The van der Waals surface area contributed by atoms with Crippen LogP contribution in [0.1, 0.15) is 65.7 Å². The van der Waals surface area contributed by atoms with Crippen LogP contribution in [0.5, 0.6) is 0 Å². The Hall–Kier alpha value is -0.0800. The quantitative estimate of drug-likeness (QED) is 0.629. The third-order valence-electron chi connectivity index (χ3n) is 3.86. The summed E-state index contributed by atoms with van der Waals surface area (Å²) in [5.74, 6) is 1.60. The number of rotatable bonds is 9. The van der Waals surface area contributed by atoms with E-state index in [1.54, 1.807) is 0 Å². The van der Waals surface area contributed by atoms with E-state index < -0.39 is 0 Å². The van der Waals surface area contributed by atoms with Crippen LogP contribution in [0.15, 0.2) is 0 Å². The molecular weight excluding hydrogens is 222 g/mol. The van der Waals surface area contributed by atoms with Crippen LogP contribution in [0, 0.1) is 11.8 Å². The lowest BCUT2D eigenvalue weighted by Gasteiger charge is -2.23. The summed E-state index contributed by atoms with van der Waals surface area (Å²) in [5.41, 5.74) is 0. The fourth-order valence-corrected chi connectivity index (χ4v) is 2.64. The van der Waals surface area contributed by atoms with E-state index in [-0.39, 0.29) is 0 Å². The van der Waals surface area contributed by atoms with Gasteiger partial charge in [0.15, 0.2) is 0 Å². The highest BCUT2D eigenvalue weighted by Gasteiger charge is 2.14. The van der Waals surface area contributed by atoms with Gasteiger partial charge in [-0.1, -0.05) is 33.1 Å². The third-order valence-corrected chi connectivity index (χ3v) is 3.86. The topological polar surface area (TPSA) is 21.3 Å². The van der Waals surface area contributed by atoms with Crippen LogP contribution in [0.3, 0.4) is 0 Å². The Kier molecular flexibility index (Phi) is 8.70. The largest absolute Gasteiger partial charge is 0.378 e. The molecule has 0 saturated heterocycles. The van der Waals surface area contributed by atoms with Gasteiger partial charge < -0.3 is 10.1 Å². The van der Waals surface area contributed by atoms with Gasteiger partial charge in [-0.2, -0.15) is 0 Å². The average molecular weight is 255 g/mol. The van der Waals surface area contributed by atoms with E-state index in [1.807, 2.05) is 0 Å². The lowest BCUT2D eigenvalue weighted by atomic mass is 9.90. The summed E-state index contributed by atoms with van der Waals surface area (Å²) < 4.78 is 5.98. The van der Waals surface area contributed by atoms with Crippen LogP contribution in [0.25, 0.3) is 0 Å². The lowest BCUT2D eigenvalue weighted by molar-refractivity contribution is 0.0257. The molecular formula is C16H33NO. The van der Waals surface area contributed by atoms with E-state index in [0.717, 1.165) is 31.5 Å². The van der Waals surface area contributed by atoms with E-state index >= 15 is 0 Å². The predicted octanol–water partition coefficient (Wildman–Crippen LogP) is 4.00. The van der Waals surface area contributed by atoms with Crippen molar-refractivity contribution in [2.45, 2.75) is 71.8 Å². The minimum Gasteiger partial charge on any atom is -0.378 e. The SMILES string of the molecule is CC(C)CNCCCC(C)OCC1CCCCC1. The standard InChI is InChI=1S/C16H33NO/c1-14(2)12-17-11-7-8-15(3)18-13-16-9-5-4-6-10-16/h14-17H,4-13H2,1-3H3. The summed E-state index contributed by atoms with van der Waals surface area (Å²) in [5, 5.41) is 3.49. The first-order chi connectivity index (χ1) is 8.68. The van der Waals surface area contributed by atoms with Crippen LogP contribution in [-0.2, 0) is 4.74 Å². The average Bonchev–Trinajstić information content (AvgIpc) is 2.37. The van der Waals surface area contributed by atoms with Gasteiger partial charge in [-0.05, 0) is 57.5 Å². The maximum absolute atomic E-state index is 5.98. The summed E-state index contributed by atoms with van der Waals surface area (Å²) in [7, 11) is 0. The zero-order chi connectivity index (χ0) is 13.2. The first kappa shape index (κ1) is 16.0. The second-order valence-corrected chi connectivity index (χ2v) is 6.39. The molecule has 1 N–H and O–H groups in total. The van der Waals surface area contributed by atoms with Crippen LogP contribution in [0.4, 0.5) is 0 Å². The first-order valence-corrected chi connectivity index (χ1v) is 8.00. The second-order valence-electron chi connectivity index (χ2n) is 6.39. The zero-order valence-corrected chi connectivity index (χ0v) is 12.7. The van der Waals surface area contributed by atoms with E-state index in [1.165, 1.54) is 44.9 Å². The van der Waals surface area contributed by atoms with Crippen molar-refractivity contribution in [3.63, 3.8) is 0 Å². The van der Waals surface area contributed by atoms with Gasteiger partial charge in [0.1, 0.15) is 0 Å². The van der Waals surface area contributed by atoms with Gasteiger partial charge in [-0.15, -0.1) is 0 Å². The van der Waals surface area contributed by atoms with Crippen molar-refractivity contribution in [2.75, 3.05) is 19.7 Å². The first-order valence-electron chi connectivity index (χ1n) is 8.00. The van der Waals surface area contributed by atoms with E-state index in [2.05, 4.69) is 26.1 Å². The molecule has 108 valence electrons. The molecule has 1 unspecified atom stereocenters. The highest BCUT2D eigenvalue weighted by Crippen LogP contribution is 2.24. The van der Waals surface area contributed by atoms with E-state index in [4.69, 9.17) is 4.74 Å². The third kappa shape index (κ3) is 8.10. The Morgan fingerprint density at radius 1 is 1.11 bits per heavy atom. The summed E-state index contributed by atoms with van der Waals surface area (Å²) in [4.78, 5) is 0. The van der Waals surface area contributed by atoms with Gasteiger partial charge in [0, 0.05) is 6.61 Å². The molecule has 0 heterocycles. The van der Waals surface area contributed by atoms with Gasteiger partial charge in [0.2, 0.25) is 0 Å². The fraction of sp³-hybridized carbons (Fsp3) is 1.00. The summed E-state index contributed by atoms with van der Waals surface area (Å²) in [6.45, 7) is 10.0. The smallest absolute Gasteiger partial charge is 0.0547 e. The molecule has 2 heteroatoms. The molecule has 1 fully saturated rings. The number of ether oxygens (including phenoxy) is 1. The van der Waals surface area contributed by atoms with Crippen molar-refractivity contribution in [1.82, 2.24) is 5.32 Å². The monoisotopic (exact) mass is 255 g/mol. The number of hydrogen-bond donors (Lipinski definition) is 1. The van der Waals surface area contributed by atoms with Crippen molar-refractivity contribution in [1.29, 1.82) is 0 Å². The van der Waals surface area contributed by atoms with Crippen molar-refractivity contribution < 1.29 is 4.74 Å². The van der Waals surface area contributed by atoms with Crippen molar-refractivity contribution in [3.05, 3.63) is 0 Å². The maximum Gasteiger partial charge on any atom is 0.0547 e. The van der Waals surface area contributed by atoms with Gasteiger partial charge in [-0.25, -0.2) is 0 Å². The molecule has 0 aromatic carbocycles. The summed E-state index contributed by atoms with van der Waals surface area (Å²) >= 11 is 0. The van der Waals surface area contributed by atoms with E-state index in [0.29, 0.717) is 6.10 Å².